The van der Waals surface area contributed by atoms with Gasteiger partial charge in [-0.25, -0.2) is 31.5 Å². The molecule has 262 valence electrons. The summed E-state index contributed by atoms with van der Waals surface area (Å²) in [7, 11) is -12.8. The molecule has 0 atom stereocenters. The predicted octanol–water partition coefficient (Wildman–Crippen LogP) is 4.60. The Kier molecular flexibility index (Phi) is 14.6. The van der Waals surface area contributed by atoms with Gasteiger partial charge < -0.3 is 10.8 Å². The van der Waals surface area contributed by atoms with Gasteiger partial charge in [0.25, 0.3) is 0 Å². The first-order valence-electron chi connectivity index (χ1n) is 12.3. The summed E-state index contributed by atoms with van der Waals surface area (Å²) in [5.74, 6) is -1.66. The topological polar surface area (TPSA) is 314 Å². The van der Waals surface area contributed by atoms with Gasteiger partial charge in [0.05, 0.1) is 62.8 Å². The monoisotopic (exact) mass is 773 g/mol. The number of hydrogen-bond donors (Lipinski definition) is 5. The Hall–Kier alpha value is -3.35. The molecule has 0 heterocycles. The van der Waals surface area contributed by atoms with Crippen molar-refractivity contribution in [3.63, 3.8) is 0 Å². The number of aromatic hydroxyl groups is 1. The molecule has 0 aromatic heterocycles. The van der Waals surface area contributed by atoms with Crippen LogP contribution in [0.5, 0.6) is 5.75 Å². The van der Waals surface area contributed by atoms with E-state index < -0.39 is 53.9 Å². The number of rotatable bonds is 19. The number of nitrogen functional groups attached to an aromatic ring is 1. The summed E-state index contributed by atoms with van der Waals surface area (Å²) < 4.78 is 97.2. The highest BCUT2D eigenvalue weighted by Gasteiger charge is 2.20. The maximum Gasteiger partial charge on any atom is 0.397 e. The molecule has 48 heavy (non-hydrogen) atoms. The Morgan fingerprint density at radius 3 is 1.98 bits per heavy atom. The van der Waals surface area contributed by atoms with Crippen LogP contribution in [0.25, 0.3) is 0 Å². The number of benzene rings is 3. The smallest absolute Gasteiger partial charge is 0.397 e. The molecule has 21 nitrogen and oxygen atoms in total. The lowest BCUT2D eigenvalue weighted by Crippen LogP contribution is -2.15. The van der Waals surface area contributed by atoms with Crippen LogP contribution in [0.3, 0.4) is 0 Å². The van der Waals surface area contributed by atoms with Crippen LogP contribution in [0, 0.1) is 0 Å². The van der Waals surface area contributed by atoms with Crippen LogP contribution in [0.1, 0.15) is 0 Å². The van der Waals surface area contributed by atoms with Gasteiger partial charge in [0.1, 0.15) is 22.8 Å². The van der Waals surface area contributed by atoms with E-state index in [1.807, 2.05) is 0 Å². The number of phenols is 1. The summed E-state index contributed by atoms with van der Waals surface area (Å²) in [6, 6.07) is 10.9. The average molecular weight is 774 g/mol. The molecular formula is C22H23N5O16S5. The Balaban J connectivity index is 1.79. The third-order valence-corrected chi connectivity index (χ3v) is 10.3. The van der Waals surface area contributed by atoms with Crippen LogP contribution < -0.4 is 5.73 Å². The molecule has 0 saturated carbocycles. The molecule has 0 fully saturated rings. The van der Waals surface area contributed by atoms with Crippen molar-refractivity contribution in [3.8, 4) is 5.75 Å². The van der Waals surface area contributed by atoms with E-state index in [4.69, 9.17) is 25.0 Å². The minimum Gasteiger partial charge on any atom is -0.506 e. The number of nitrogens with zero attached hydrogens (tertiary/aromatic N) is 4. The standard InChI is InChI=1S/C22H23N5O16S5/c23-17-12-21(28)20(13-19(17)26-24-14-1-3-15(4-2-14)46(31,32)9-7-38-45-43-41-30)27-25-18-6-5-16(11-22(18)44-42-40-29)47(33,34)10-8-39-48(35,36)37/h1-6,11-13,28-30H,7-10,23H2,(H,35,36,37)/b26-24+,27-25+. The van der Waals surface area contributed by atoms with Gasteiger partial charge in [0.15, 0.2) is 32.0 Å². The fraction of sp³-hybridized carbons (Fsp3) is 0.182. The van der Waals surface area contributed by atoms with Gasteiger partial charge >= 0.3 is 10.4 Å². The summed E-state index contributed by atoms with van der Waals surface area (Å²) in [5, 5.41) is 49.7. The second-order valence-electron chi connectivity index (χ2n) is 8.57. The molecule has 3 aromatic carbocycles. The van der Waals surface area contributed by atoms with Crippen molar-refractivity contribution in [2.24, 2.45) is 20.5 Å². The van der Waals surface area contributed by atoms with Gasteiger partial charge in [0, 0.05) is 6.07 Å². The van der Waals surface area contributed by atoms with Crippen LogP contribution in [0.4, 0.5) is 28.4 Å². The number of anilines is 1. The lowest BCUT2D eigenvalue weighted by Gasteiger charge is -2.08. The zero-order chi connectivity index (χ0) is 35.4. The number of azo groups is 2. The van der Waals surface area contributed by atoms with Crippen LogP contribution in [0.2, 0.25) is 0 Å². The van der Waals surface area contributed by atoms with E-state index in [-0.39, 0.29) is 62.1 Å². The lowest BCUT2D eigenvalue weighted by molar-refractivity contribution is -0.434. The number of nitrogens with two attached hydrogens (primary N) is 1. The average Bonchev–Trinajstić information content (AvgIpc) is 3.02. The van der Waals surface area contributed by atoms with Crippen LogP contribution in [-0.4, -0.2) is 70.1 Å². The second kappa shape index (κ2) is 17.9. The minimum atomic E-state index is -4.86. The third-order valence-electron chi connectivity index (χ3n) is 5.43. The summed E-state index contributed by atoms with van der Waals surface area (Å²) in [6.45, 7) is -1.14. The van der Waals surface area contributed by atoms with Crippen LogP contribution in [-0.2, 0) is 57.2 Å². The molecule has 0 bridgehead atoms. The first kappa shape index (κ1) is 39.1. The Morgan fingerprint density at radius 1 is 0.708 bits per heavy atom. The first-order valence-corrected chi connectivity index (χ1v) is 18.4. The van der Waals surface area contributed by atoms with E-state index in [1.165, 1.54) is 36.4 Å². The zero-order valence-electron chi connectivity index (χ0n) is 23.6. The van der Waals surface area contributed by atoms with Gasteiger partial charge in [-0.05, 0) is 48.5 Å². The van der Waals surface area contributed by atoms with Crippen molar-refractivity contribution in [2.75, 3.05) is 30.5 Å². The van der Waals surface area contributed by atoms with Gasteiger partial charge in [0.2, 0.25) is 0 Å². The number of hydrogen-bond acceptors (Lipinski definition) is 22. The van der Waals surface area contributed by atoms with E-state index in [2.05, 4.69) is 43.4 Å². The highest BCUT2D eigenvalue weighted by molar-refractivity contribution is 7.95. The van der Waals surface area contributed by atoms with Crippen molar-refractivity contribution in [2.45, 2.75) is 14.7 Å². The Morgan fingerprint density at radius 2 is 1.31 bits per heavy atom. The summed E-state index contributed by atoms with van der Waals surface area (Å²) in [6.07, 6.45) is 0. The molecule has 0 aliphatic heterocycles. The highest BCUT2D eigenvalue weighted by Crippen LogP contribution is 2.39. The molecule has 0 amide bonds. The van der Waals surface area contributed by atoms with E-state index in [9.17, 15) is 30.4 Å². The van der Waals surface area contributed by atoms with E-state index in [1.54, 1.807) is 0 Å². The molecule has 3 rings (SSSR count). The van der Waals surface area contributed by atoms with Crippen molar-refractivity contribution >= 4 is 82.9 Å². The minimum absolute atomic E-state index is 0.0138. The predicted molar refractivity (Wildman–Crippen MR) is 164 cm³/mol. The van der Waals surface area contributed by atoms with Crippen molar-refractivity contribution < 1.29 is 72.5 Å². The maximum atomic E-state index is 12.6. The molecule has 26 heteroatoms. The van der Waals surface area contributed by atoms with E-state index in [0.717, 1.165) is 18.2 Å². The molecule has 0 aliphatic carbocycles. The highest BCUT2D eigenvalue weighted by atomic mass is 32.3. The third kappa shape index (κ3) is 12.3. The van der Waals surface area contributed by atoms with E-state index >= 15 is 0 Å². The maximum absolute atomic E-state index is 12.6. The molecule has 0 unspecified atom stereocenters. The fourth-order valence-electron chi connectivity index (χ4n) is 3.27. The summed E-state index contributed by atoms with van der Waals surface area (Å²) in [5.41, 5.74) is 5.98. The number of sulfone groups is 2. The molecule has 0 aliphatic rings. The summed E-state index contributed by atoms with van der Waals surface area (Å²) >= 11 is 0.571. The normalized spacial score (nSPS) is 12.7. The molecular weight excluding hydrogens is 751 g/mol. The van der Waals surface area contributed by atoms with Crippen LogP contribution in [0.15, 0.2) is 89.7 Å². The Bertz CT molecular complexity index is 1940. The van der Waals surface area contributed by atoms with Crippen LogP contribution >= 0.6 is 24.4 Å². The Labute approximate surface area is 280 Å². The summed E-state index contributed by atoms with van der Waals surface area (Å²) in [4.78, 5) is -0.450. The molecule has 3 aromatic rings. The van der Waals surface area contributed by atoms with E-state index in [0.29, 0.717) is 12.0 Å². The molecule has 0 saturated heterocycles. The van der Waals surface area contributed by atoms with Gasteiger partial charge in [-0.1, -0.05) is 10.1 Å². The quantitative estimate of drug-likeness (QED) is 0.0211. The fourth-order valence-corrected chi connectivity index (χ4v) is 6.74. The first-order chi connectivity index (χ1) is 22.6. The molecule has 0 radical (unpaired) electrons. The number of phenolic OH excluding ortho intramolecular Hbond substituents is 1. The zero-order valence-corrected chi connectivity index (χ0v) is 27.7. The van der Waals surface area contributed by atoms with Gasteiger partial charge in [-0.2, -0.15) is 13.5 Å². The van der Waals surface area contributed by atoms with Crippen molar-refractivity contribution in [1.82, 2.24) is 0 Å². The van der Waals surface area contributed by atoms with Gasteiger partial charge in [-0.15, -0.1) is 24.0 Å². The lowest BCUT2D eigenvalue weighted by atomic mass is 10.2. The van der Waals surface area contributed by atoms with Gasteiger partial charge in [-0.3, -0.25) is 8.74 Å². The molecule has 0 spiro atoms. The van der Waals surface area contributed by atoms with Crippen molar-refractivity contribution in [3.05, 3.63) is 54.6 Å². The largest absolute Gasteiger partial charge is 0.506 e. The van der Waals surface area contributed by atoms with Crippen molar-refractivity contribution in [1.29, 1.82) is 0 Å². The molecule has 6 N–H and O–H groups in total. The SMILES string of the molecule is Nc1cc(O)c(/N=N/c2ccc(S(=O)(=O)CCOS(=O)(=O)O)cc2SOOO)cc1/N=N/c1ccc(S(=O)(=O)CCOSOOO)cc1. The second-order valence-corrected chi connectivity index (χ2v) is 15.1.